The second-order valence-corrected chi connectivity index (χ2v) is 3.82. The monoisotopic (exact) mass is 184 g/mol. The first-order valence-corrected chi connectivity index (χ1v) is 4.73. The summed E-state index contributed by atoms with van der Waals surface area (Å²) in [6.07, 6.45) is 2.66. The molecule has 0 aromatic heterocycles. The predicted octanol–water partition coefficient (Wildman–Crippen LogP) is 1.55. The van der Waals surface area contributed by atoms with E-state index in [0.29, 0.717) is 31.0 Å². The Hall–Kier alpha value is -0.860. The number of esters is 1. The van der Waals surface area contributed by atoms with Gasteiger partial charge in [-0.25, -0.2) is 0 Å². The van der Waals surface area contributed by atoms with Crippen LogP contribution in [0.1, 0.15) is 32.6 Å². The van der Waals surface area contributed by atoms with Gasteiger partial charge in [-0.15, -0.1) is 0 Å². The third-order valence-electron chi connectivity index (χ3n) is 2.62. The Kier molecular flexibility index (Phi) is 3.46. The first-order valence-electron chi connectivity index (χ1n) is 4.73. The quantitative estimate of drug-likeness (QED) is 0.625. The van der Waals surface area contributed by atoms with Crippen LogP contribution in [-0.2, 0) is 14.3 Å². The van der Waals surface area contributed by atoms with Gasteiger partial charge in [0.25, 0.3) is 0 Å². The fourth-order valence-electron chi connectivity index (χ4n) is 1.88. The van der Waals surface area contributed by atoms with Crippen LogP contribution in [0, 0.1) is 11.8 Å². The van der Waals surface area contributed by atoms with Gasteiger partial charge in [0.2, 0.25) is 0 Å². The van der Waals surface area contributed by atoms with Crippen molar-refractivity contribution in [3.8, 4) is 0 Å². The molecule has 0 heterocycles. The maximum absolute atomic E-state index is 11.3. The minimum atomic E-state index is -0.215. The molecule has 1 aliphatic rings. The minimum Gasteiger partial charge on any atom is -0.469 e. The van der Waals surface area contributed by atoms with Gasteiger partial charge in [0, 0.05) is 18.8 Å². The molecule has 3 nitrogen and oxygen atoms in total. The number of hydrogen-bond donors (Lipinski definition) is 0. The summed E-state index contributed by atoms with van der Waals surface area (Å²) in [7, 11) is 1.38. The highest BCUT2D eigenvalue weighted by molar-refractivity contribution is 5.83. The summed E-state index contributed by atoms with van der Waals surface area (Å²) in [6.45, 7) is 2.08. The largest absolute Gasteiger partial charge is 0.469 e. The topological polar surface area (TPSA) is 43.4 Å². The number of ketones is 1. The minimum absolute atomic E-state index is 0.106. The Morgan fingerprint density at radius 2 is 2.31 bits per heavy atom. The Bertz CT molecular complexity index is 210. The number of Topliss-reactive ketones (excluding diaryl/α,β-unsaturated/α-hetero) is 1. The van der Waals surface area contributed by atoms with Crippen LogP contribution in [0.4, 0.5) is 0 Å². The maximum atomic E-state index is 11.3. The average molecular weight is 184 g/mol. The van der Waals surface area contributed by atoms with Gasteiger partial charge in [-0.2, -0.15) is 0 Å². The third kappa shape index (κ3) is 2.83. The molecule has 1 fully saturated rings. The van der Waals surface area contributed by atoms with E-state index in [1.165, 1.54) is 7.11 Å². The molecule has 0 aromatic carbocycles. The zero-order chi connectivity index (χ0) is 9.84. The molecule has 74 valence electrons. The molecule has 0 spiro atoms. The van der Waals surface area contributed by atoms with Crippen molar-refractivity contribution in [2.75, 3.05) is 7.11 Å². The van der Waals surface area contributed by atoms with Crippen molar-refractivity contribution in [3.05, 3.63) is 0 Å². The summed E-state index contributed by atoms with van der Waals surface area (Å²) in [5, 5.41) is 0. The van der Waals surface area contributed by atoms with Gasteiger partial charge in [0.1, 0.15) is 5.78 Å². The van der Waals surface area contributed by atoms with Crippen molar-refractivity contribution in [2.45, 2.75) is 32.6 Å². The first-order chi connectivity index (χ1) is 6.13. The molecular formula is C10H16O3. The molecule has 0 amide bonds. The fourth-order valence-corrected chi connectivity index (χ4v) is 1.88. The second kappa shape index (κ2) is 4.40. The van der Waals surface area contributed by atoms with E-state index in [9.17, 15) is 9.59 Å². The van der Waals surface area contributed by atoms with E-state index in [4.69, 9.17) is 0 Å². The van der Waals surface area contributed by atoms with E-state index < -0.39 is 0 Å². The zero-order valence-electron chi connectivity index (χ0n) is 8.21. The summed E-state index contributed by atoms with van der Waals surface area (Å²) in [6, 6.07) is 0. The third-order valence-corrected chi connectivity index (χ3v) is 2.62. The molecule has 2 unspecified atom stereocenters. The highest BCUT2D eigenvalue weighted by Crippen LogP contribution is 2.30. The Balaban J connectivity index is 2.29. The van der Waals surface area contributed by atoms with Crippen LogP contribution in [0.15, 0.2) is 0 Å². The molecular weight excluding hydrogens is 168 g/mol. The molecule has 1 rings (SSSR count). The molecule has 3 heteroatoms. The van der Waals surface area contributed by atoms with Crippen molar-refractivity contribution in [3.63, 3.8) is 0 Å². The molecule has 1 saturated carbocycles. The van der Waals surface area contributed by atoms with Crippen LogP contribution in [-0.4, -0.2) is 18.9 Å². The van der Waals surface area contributed by atoms with Crippen molar-refractivity contribution in [1.82, 2.24) is 0 Å². The van der Waals surface area contributed by atoms with E-state index in [0.717, 1.165) is 6.42 Å². The van der Waals surface area contributed by atoms with Crippen LogP contribution in [0.25, 0.3) is 0 Å². The van der Waals surface area contributed by atoms with Crippen LogP contribution in [0.5, 0.6) is 0 Å². The molecule has 1 aliphatic carbocycles. The van der Waals surface area contributed by atoms with Crippen molar-refractivity contribution in [1.29, 1.82) is 0 Å². The molecule has 0 saturated heterocycles. The normalized spacial score (nSPS) is 27.7. The Morgan fingerprint density at radius 3 is 2.77 bits per heavy atom. The van der Waals surface area contributed by atoms with Gasteiger partial charge in [-0.3, -0.25) is 9.59 Å². The summed E-state index contributed by atoms with van der Waals surface area (Å²) < 4.78 is 4.52. The molecule has 0 radical (unpaired) electrons. The fraction of sp³-hybridized carbons (Fsp3) is 0.800. The van der Waals surface area contributed by atoms with E-state index in [1.54, 1.807) is 0 Å². The summed E-state index contributed by atoms with van der Waals surface area (Å²) in [5.41, 5.74) is 0. The van der Waals surface area contributed by atoms with Crippen molar-refractivity contribution in [2.24, 2.45) is 11.8 Å². The number of hydrogen-bond acceptors (Lipinski definition) is 3. The molecule has 0 aromatic rings. The smallest absolute Gasteiger partial charge is 0.305 e. The second-order valence-electron chi connectivity index (χ2n) is 3.82. The highest BCUT2D eigenvalue weighted by Gasteiger charge is 2.29. The number of methoxy groups -OCH3 is 1. The summed E-state index contributed by atoms with van der Waals surface area (Å²) in [5.74, 6) is 0.702. The lowest BCUT2D eigenvalue weighted by Crippen LogP contribution is -2.09. The highest BCUT2D eigenvalue weighted by atomic mass is 16.5. The van der Waals surface area contributed by atoms with E-state index in [-0.39, 0.29) is 11.9 Å². The summed E-state index contributed by atoms with van der Waals surface area (Å²) in [4.78, 5) is 22.2. The number of rotatable bonds is 3. The molecule has 0 N–H and O–H groups in total. The van der Waals surface area contributed by atoms with Gasteiger partial charge < -0.3 is 4.74 Å². The Morgan fingerprint density at radius 1 is 1.62 bits per heavy atom. The number of ether oxygens (including phenoxy) is 1. The van der Waals surface area contributed by atoms with E-state index in [1.807, 2.05) is 0 Å². The number of carbonyl (C=O) groups is 2. The average Bonchev–Trinajstić information content (AvgIpc) is 2.41. The lowest BCUT2D eigenvalue weighted by atomic mass is 10.00. The van der Waals surface area contributed by atoms with Crippen LogP contribution in [0.3, 0.4) is 0 Å². The standard InChI is InChI=1S/C10H16O3/c1-7-5-8(9(11)6-7)3-4-10(12)13-2/h7-8H,3-6H2,1-2H3. The van der Waals surface area contributed by atoms with Crippen molar-refractivity contribution >= 4 is 11.8 Å². The predicted molar refractivity (Wildman–Crippen MR) is 48.1 cm³/mol. The summed E-state index contributed by atoms with van der Waals surface area (Å²) >= 11 is 0. The van der Waals surface area contributed by atoms with Crippen LogP contribution >= 0.6 is 0 Å². The molecule has 0 bridgehead atoms. The molecule has 13 heavy (non-hydrogen) atoms. The number of carbonyl (C=O) groups excluding carboxylic acids is 2. The van der Waals surface area contributed by atoms with Gasteiger partial charge in [0.05, 0.1) is 7.11 Å². The maximum Gasteiger partial charge on any atom is 0.305 e. The van der Waals surface area contributed by atoms with Crippen LogP contribution in [0.2, 0.25) is 0 Å². The van der Waals surface area contributed by atoms with E-state index in [2.05, 4.69) is 11.7 Å². The zero-order valence-corrected chi connectivity index (χ0v) is 8.21. The van der Waals surface area contributed by atoms with E-state index >= 15 is 0 Å². The van der Waals surface area contributed by atoms with Crippen LogP contribution < -0.4 is 0 Å². The Labute approximate surface area is 78.5 Å². The van der Waals surface area contributed by atoms with Gasteiger partial charge >= 0.3 is 5.97 Å². The van der Waals surface area contributed by atoms with Gasteiger partial charge in [0.15, 0.2) is 0 Å². The first kappa shape index (κ1) is 10.2. The molecule has 0 aliphatic heterocycles. The molecule has 2 atom stereocenters. The van der Waals surface area contributed by atoms with Crippen molar-refractivity contribution < 1.29 is 14.3 Å². The van der Waals surface area contributed by atoms with Gasteiger partial charge in [-0.05, 0) is 18.8 Å². The lowest BCUT2D eigenvalue weighted by molar-refractivity contribution is -0.141. The van der Waals surface area contributed by atoms with Gasteiger partial charge in [-0.1, -0.05) is 6.92 Å². The SMILES string of the molecule is COC(=O)CCC1CC(C)CC1=O. The lowest BCUT2D eigenvalue weighted by Gasteiger charge is -2.06.